The second kappa shape index (κ2) is 6.82. The van der Waals surface area contributed by atoms with Crippen LogP contribution in [0.25, 0.3) is 0 Å². The molecule has 0 bridgehead atoms. The van der Waals surface area contributed by atoms with Crippen molar-refractivity contribution in [3.8, 4) is 5.75 Å². The Morgan fingerprint density at radius 1 is 1.30 bits per heavy atom. The summed E-state index contributed by atoms with van der Waals surface area (Å²) < 4.78 is 19.0. The van der Waals surface area contributed by atoms with Crippen LogP contribution < -0.4 is 15.8 Å². The van der Waals surface area contributed by atoms with E-state index in [-0.39, 0.29) is 5.75 Å². The van der Waals surface area contributed by atoms with Gasteiger partial charge in [0.05, 0.1) is 18.0 Å². The molecular formula is C16H25FN2O. The highest BCUT2D eigenvalue weighted by atomic mass is 19.1. The fraction of sp³-hybridized carbons (Fsp3) is 0.625. The minimum Gasteiger partial charge on any atom is -0.491 e. The Kier molecular flexibility index (Phi) is 5.10. The standard InChI is InChI=1S/C16H25FN2O/c1-3-20-16-10-15(14(18)9-13(16)17)19-12-6-4-5-11(2)7-8-12/h9-12,19H,3-8,18H2,1-2H3. The number of rotatable bonds is 4. The molecule has 112 valence electrons. The van der Waals surface area contributed by atoms with Crippen molar-refractivity contribution < 1.29 is 9.13 Å². The Morgan fingerprint density at radius 2 is 2.10 bits per heavy atom. The lowest BCUT2D eigenvalue weighted by Gasteiger charge is -2.20. The Bertz CT molecular complexity index is 450. The molecular weight excluding hydrogens is 255 g/mol. The van der Waals surface area contributed by atoms with Crippen LogP contribution in [-0.2, 0) is 0 Å². The van der Waals surface area contributed by atoms with E-state index >= 15 is 0 Å². The van der Waals surface area contributed by atoms with Gasteiger partial charge in [-0.2, -0.15) is 0 Å². The molecule has 3 nitrogen and oxygen atoms in total. The minimum atomic E-state index is -0.399. The zero-order valence-corrected chi connectivity index (χ0v) is 12.4. The van der Waals surface area contributed by atoms with Crippen LogP contribution in [0.1, 0.15) is 46.0 Å². The van der Waals surface area contributed by atoms with Crippen molar-refractivity contribution in [1.29, 1.82) is 0 Å². The molecule has 0 heterocycles. The van der Waals surface area contributed by atoms with Gasteiger partial charge in [-0.1, -0.05) is 19.8 Å². The summed E-state index contributed by atoms with van der Waals surface area (Å²) in [6.45, 7) is 4.60. The summed E-state index contributed by atoms with van der Waals surface area (Å²) >= 11 is 0. The van der Waals surface area contributed by atoms with E-state index in [9.17, 15) is 4.39 Å². The van der Waals surface area contributed by atoms with Gasteiger partial charge in [-0.25, -0.2) is 4.39 Å². The second-order valence-corrected chi connectivity index (χ2v) is 5.76. The molecule has 2 atom stereocenters. The van der Waals surface area contributed by atoms with E-state index < -0.39 is 5.82 Å². The van der Waals surface area contributed by atoms with E-state index in [2.05, 4.69) is 12.2 Å². The molecule has 1 fully saturated rings. The fourth-order valence-electron chi connectivity index (χ4n) is 2.81. The third-order valence-corrected chi connectivity index (χ3v) is 4.02. The number of nitrogen functional groups attached to an aromatic ring is 1. The zero-order valence-electron chi connectivity index (χ0n) is 12.4. The highest BCUT2D eigenvalue weighted by Gasteiger charge is 2.17. The minimum absolute atomic E-state index is 0.270. The van der Waals surface area contributed by atoms with Gasteiger partial charge in [0, 0.05) is 18.2 Å². The molecule has 2 rings (SSSR count). The number of nitrogens with two attached hydrogens (primary N) is 1. The molecule has 3 N–H and O–H groups in total. The molecule has 0 radical (unpaired) electrons. The van der Waals surface area contributed by atoms with E-state index in [4.69, 9.17) is 10.5 Å². The lowest BCUT2D eigenvalue weighted by atomic mass is 10.0. The molecule has 1 aromatic carbocycles. The molecule has 4 heteroatoms. The molecule has 0 spiro atoms. The van der Waals surface area contributed by atoms with Gasteiger partial charge in [-0.05, 0) is 32.1 Å². The predicted molar refractivity (Wildman–Crippen MR) is 81.6 cm³/mol. The Balaban J connectivity index is 2.09. The highest BCUT2D eigenvalue weighted by Crippen LogP contribution is 2.31. The van der Waals surface area contributed by atoms with Gasteiger partial charge >= 0.3 is 0 Å². The number of anilines is 2. The first-order chi connectivity index (χ1) is 9.60. The largest absolute Gasteiger partial charge is 0.491 e. The topological polar surface area (TPSA) is 47.3 Å². The zero-order chi connectivity index (χ0) is 14.5. The van der Waals surface area contributed by atoms with E-state index in [1.807, 2.05) is 6.92 Å². The Labute approximate surface area is 120 Å². The summed E-state index contributed by atoms with van der Waals surface area (Å²) in [5.41, 5.74) is 7.15. The summed E-state index contributed by atoms with van der Waals surface area (Å²) in [6.07, 6.45) is 6.05. The van der Waals surface area contributed by atoms with Crippen LogP contribution in [0.3, 0.4) is 0 Å². The third kappa shape index (κ3) is 3.78. The number of ether oxygens (including phenoxy) is 1. The second-order valence-electron chi connectivity index (χ2n) is 5.76. The van der Waals surface area contributed by atoms with Gasteiger partial charge in [-0.15, -0.1) is 0 Å². The monoisotopic (exact) mass is 280 g/mol. The van der Waals surface area contributed by atoms with E-state index in [1.165, 1.54) is 25.3 Å². The Morgan fingerprint density at radius 3 is 2.85 bits per heavy atom. The summed E-state index contributed by atoms with van der Waals surface area (Å²) in [4.78, 5) is 0. The highest BCUT2D eigenvalue weighted by molar-refractivity contribution is 5.69. The van der Waals surface area contributed by atoms with Crippen molar-refractivity contribution >= 4 is 11.4 Å². The van der Waals surface area contributed by atoms with Gasteiger partial charge in [0.15, 0.2) is 11.6 Å². The first kappa shape index (κ1) is 14.9. The van der Waals surface area contributed by atoms with Gasteiger partial charge in [-0.3, -0.25) is 0 Å². The van der Waals surface area contributed by atoms with Crippen LogP contribution in [-0.4, -0.2) is 12.6 Å². The predicted octanol–water partition coefficient (Wildman–Crippen LogP) is 4.19. The van der Waals surface area contributed by atoms with Crippen molar-refractivity contribution in [1.82, 2.24) is 0 Å². The van der Waals surface area contributed by atoms with Crippen LogP contribution in [0.5, 0.6) is 5.75 Å². The maximum atomic E-state index is 13.7. The fourth-order valence-corrected chi connectivity index (χ4v) is 2.81. The van der Waals surface area contributed by atoms with Crippen molar-refractivity contribution in [2.75, 3.05) is 17.7 Å². The summed E-state index contributed by atoms with van der Waals surface area (Å²) in [6, 6.07) is 3.44. The molecule has 20 heavy (non-hydrogen) atoms. The molecule has 0 saturated heterocycles. The van der Waals surface area contributed by atoms with Crippen LogP contribution in [0.15, 0.2) is 12.1 Å². The van der Waals surface area contributed by atoms with Crippen molar-refractivity contribution in [3.05, 3.63) is 17.9 Å². The average molecular weight is 280 g/mol. The van der Waals surface area contributed by atoms with Crippen LogP contribution in [0.2, 0.25) is 0 Å². The van der Waals surface area contributed by atoms with Crippen molar-refractivity contribution in [2.24, 2.45) is 5.92 Å². The van der Waals surface area contributed by atoms with Gasteiger partial charge in [0.2, 0.25) is 0 Å². The quantitative estimate of drug-likeness (QED) is 0.642. The number of hydrogen-bond donors (Lipinski definition) is 2. The van der Waals surface area contributed by atoms with E-state index in [0.717, 1.165) is 24.4 Å². The number of benzene rings is 1. The molecule has 0 amide bonds. The summed E-state index contributed by atoms with van der Waals surface area (Å²) in [7, 11) is 0. The summed E-state index contributed by atoms with van der Waals surface area (Å²) in [5.74, 6) is 0.668. The number of nitrogens with one attached hydrogen (secondary N) is 1. The van der Waals surface area contributed by atoms with Gasteiger partial charge in [0.25, 0.3) is 0 Å². The molecule has 0 aromatic heterocycles. The van der Waals surface area contributed by atoms with Crippen LogP contribution >= 0.6 is 0 Å². The molecule has 1 aliphatic carbocycles. The third-order valence-electron chi connectivity index (χ3n) is 4.02. The average Bonchev–Trinajstić information content (AvgIpc) is 2.60. The molecule has 2 unspecified atom stereocenters. The molecule has 1 saturated carbocycles. The van der Waals surface area contributed by atoms with E-state index in [0.29, 0.717) is 18.3 Å². The van der Waals surface area contributed by atoms with Crippen molar-refractivity contribution in [2.45, 2.75) is 52.0 Å². The lowest BCUT2D eigenvalue weighted by molar-refractivity contribution is 0.322. The van der Waals surface area contributed by atoms with Gasteiger partial charge in [0.1, 0.15) is 0 Å². The first-order valence-electron chi connectivity index (χ1n) is 7.58. The molecule has 1 aromatic rings. The molecule has 1 aliphatic rings. The lowest BCUT2D eigenvalue weighted by Crippen LogP contribution is -2.19. The van der Waals surface area contributed by atoms with Crippen LogP contribution in [0.4, 0.5) is 15.8 Å². The molecule has 0 aliphatic heterocycles. The SMILES string of the molecule is CCOc1cc(NC2CCCC(C)CC2)c(N)cc1F. The van der Waals surface area contributed by atoms with Gasteiger partial charge < -0.3 is 15.8 Å². The van der Waals surface area contributed by atoms with Crippen LogP contribution in [0, 0.1) is 11.7 Å². The van der Waals surface area contributed by atoms with E-state index in [1.54, 1.807) is 6.07 Å². The smallest absolute Gasteiger partial charge is 0.167 e. The normalized spacial score (nSPS) is 23.1. The maximum absolute atomic E-state index is 13.7. The Hall–Kier alpha value is -1.45. The summed E-state index contributed by atoms with van der Waals surface area (Å²) in [5, 5.41) is 3.46. The number of halogens is 1. The number of hydrogen-bond acceptors (Lipinski definition) is 3. The van der Waals surface area contributed by atoms with Crippen molar-refractivity contribution in [3.63, 3.8) is 0 Å². The maximum Gasteiger partial charge on any atom is 0.167 e. The first-order valence-corrected chi connectivity index (χ1v) is 7.58.